The summed E-state index contributed by atoms with van der Waals surface area (Å²) in [4.78, 5) is -0.223. The number of nitrogens with zero attached hydrogens (tertiary/aromatic N) is 4. The molecule has 2 rings (SSSR count). The monoisotopic (exact) mass is 252 g/mol. The zero-order valence-electron chi connectivity index (χ0n) is 8.77. The van der Waals surface area contributed by atoms with Crippen LogP contribution in [-0.2, 0) is 10.1 Å². The van der Waals surface area contributed by atoms with Crippen molar-refractivity contribution in [2.24, 2.45) is 0 Å². The van der Waals surface area contributed by atoms with Gasteiger partial charge in [-0.05, 0) is 19.1 Å². The zero-order valence-corrected chi connectivity index (χ0v) is 9.59. The predicted octanol–water partition coefficient (Wildman–Crippen LogP) is 0.489. The van der Waals surface area contributed by atoms with Crippen molar-refractivity contribution in [1.82, 2.24) is 20.4 Å². The van der Waals surface area contributed by atoms with Gasteiger partial charge in [0.15, 0.2) is 5.82 Å². The standard InChI is InChI=1S/C9H8N4O3S/c1-6-10-12-9(13-11-6)7-3-2-4-8(5-7)17(14,15)16/h2-5H,1H3,(H,14,15,16). The molecule has 1 N–H and O–H groups in total. The highest BCUT2D eigenvalue weighted by molar-refractivity contribution is 7.85. The van der Waals surface area contributed by atoms with Gasteiger partial charge in [0.05, 0.1) is 4.90 Å². The molecule has 0 aliphatic rings. The molecule has 0 unspecified atom stereocenters. The molecular formula is C9H8N4O3S. The Balaban J connectivity index is 2.50. The highest BCUT2D eigenvalue weighted by Gasteiger charge is 2.11. The van der Waals surface area contributed by atoms with Gasteiger partial charge in [0.25, 0.3) is 10.1 Å². The van der Waals surface area contributed by atoms with Crippen LogP contribution in [0, 0.1) is 6.92 Å². The Morgan fingerprint density at radius 1 is 1.12 bits per heavy atom. The molecule has 8 heteroatoms. The average molecular weight is 252 g/mol. The fourth-order valence-corrected chi connectivity index (χ4v) is 1.72. The minimum Gasteiger partial charge on any atom is -0.282 e. The number of hydrogen-bond acceptors (Lipinski definition) is 6. The zero-order chi connectivity index (χ0) is 12.5. The predicted molar refractivity (Wildman–Crippen MR) is 57.6 cm³/mol. The van der Waals surface area contributed by atoms with Gasteiger partial charge < -0.3 is 0 Å². The van der Waals surface area contributed by atoms with E-state index in [9.17, 15) is 8.42 Å². The van der Waals surface area contributed by atoms with Gasteiger partial charge in [-0.3, -0.25) is 4.55 Å². The van der Waals surface area contributed by atoms with Gasteiger partial charge in [0.1, 0.15) is 0 Å². The fraction of sp³-hybridized carbons (Fsp3) is 0.111. The first-order chi connectivity index (χ1) is 7.97. The van der Waals surface area contributed by atoms with Crippen LogP contribution in [0.5, 0.6) is 0 Å². The molecule has 88 valence electrons. The average Bonchev–Trinajstić information content (AvgIpc) is 2.29. The maximum Gasteiger partial charge on any atom is 0.294 e. The lowest BCUT2D eigenvalue weighted by Crippen LogP contribution is -2.01. The van der Waals surface area contributed by atoms with Crippen LogP contribution in [0.2, 0.25) is 0 Å². The lowest BCUT2D eigenvalue weighted by Gasteiger charge is -2.00. The van der Waals surface area contributed by atoms with Crippen LogP contribution < -0.4 is 0 Å². The van der Waals surface area contributed by atoms with Crippen molar-refractivity contribution >= 4 is 10.1 Å². The summed E-state index contributed by atoms with van der Waals surface area (Å²) in [7, 11) is -4.24. The maximum atomic E-state index is 11.0. The highest BCUT2D eigenvalue weighted by Crippen LogP contribution is 2.17. The van der Waals surface area contributed by atoms with Crippen molar-refractivity contribution in [3.63, 3.8) is 0 Å². The SMILES string of the molecule is Cc1nnc(-c2cccc(S(=O)(=O)O)c2)nn1. The second-order valence-corrected chi connectivity index (χ2v) is 4.70. The lowest BCUT2D eigenvalue weighted by molar-refractivity contribution is 0.483. The van der Waals surface area contributed by atoms with E-state index in [2.05, 4.69) is 20.4 Å². The molecule has 0 aliphatic carbocycles. The van der Waals surface area contributed by atoms with E-state index < -0.39 is 10.1 Å². The van der Waals surface area contributed by atoms with Crippen LogP contribution in [0.25, 0.3) is 11.4 Å². The Morgan fingerprint density at radius 3 is 2.35 bits per heavy atom. The minimum atomic E-state index is -4.24. The maximum absolute atomic E-state index is 11.0. The number of aromatic nitrogens is 4. The summed E-state index contributed by atoms with van der Waals surface area (Å²) in [6, 6.07) is 5.60. The van der Waals surface area contributed by atoms with E-state index in [0.717, 1.165) is 0 Å². The van der Waals surface area contributed by atoms with Gasteiger partial charge >= 0.3 is 0 Å². The highest BCUT2D eigenvalue weighted by atomic mass is 32.2. The van der Waals surface area contributed by atoms with E-state index in [-0.39, 0.29) is 10.7 Å². The van der Waals surface area contributed by atoms with E-state index in [1.165, 1.54) is 18.2 Å². The molecule has 2 aromatic rings. The van der Waals surface area contributed by atoms with E-state index >= 15 is 0 Å². The summed E-state index contributed by atoms with van der Waals surface area (Å²) in [5, 5.41) is 15.0. The number of rotatable bonds is 2. The first-order valence-corrected chi connectivity index (χ1v) is 6.03. The molecule has 1 aromatic carbocycles. The molecule has 0 fully saturated rings. The molecular weight excluding hydrogens is 244 g/mol. The molecule has 7 nitrogen and oxygen atoms in total. The van der Waals surface area contributed by atoms with Gasteiger partial charge in [-0.2, -0.15) is 8.42 Å². The summed E-state index contributed by atoms with van der Waals surface area (Å²) in [6.07, 6.45) is 0. The van der Waals surface area contributed by atoms with E-state index in [1.807, 2.05) is 0 Å². The first-order valence-electron chi connectivity index (χ1n) is 4.59. The van der Waals surface area contributed by atoms with Gasteiger partial charge in [-0.15, -0.1) is 20.4 Å². The molecule has 1 aromatic heterocycles. The van der Waals surface area contributed by atoms with Crippen molar-refractivity contribution in [2.75, 3.05) is 0 Å². The van der Waals surface area contributed by atoms with Crippen molar-refractivity contribution in [3.8, 4) is 11.4 Å². The quantitative estimate of drug-likeness (QED) is 0.775. The van der Waals surface area contributed by atoms with Crippen LogP contribution in [0.15, 0.2) is 29.2 Å². The van der Waals surface area contributed by atoms with Crippen LogP contribution in [0.3, 0.4) is 0 Å². The third-order valence-corrected chi connectivity index (χ3v) is 2.82. The Hall–Kier alpha value is -1.93. The molecule has 0 radical (unpaired) electrons. The molecule has 0 saturated carbocycles. The van der Waals surface area contributed by atoms with Crippen LogP contribution in [0.4, 0.5) is 0 Å². The molecule has 0 atom stereocenters. The molecule has 0 spiro atoms. The van der Waals surface area contributed by atoms with Crippen molar-refractivity contribution in [3.05, 3.63) is 30.1 Å². The fourth-order valence-electron chi connectivity index (χ4n) is 1.19. The van der Waals surface area contributed by atoms with Gasteiger partial charge in [0, 0.05) is 5.56 Å². The molecule has 0 aliphatic heterocycles. The summed E-state index contributed by atoms with van der Waals surface area (Å²) in [5.41, 5.74) is 0.417. The summed E-state index contributed by atoms with van der Waals surface area (Å²) < 4.78 is 30.8. The van der Waals surface area contributed by atoms with E-state index in [0.29, 0.717) is 11.4 Å². The Kier molecular flexibility index (Phi) is 2.82. The number of benzene rings is 1. The van der Waals surface area contributed by atoms with Crippen molar-refractivity contribution in [2.45, 2.75) is 11.8 Å². The molecule has 17 heavy (non-hydrogen) atoms. The van der Waals surface area contributed by atoms with E-state index in [4.69, 9.17) is 4.55 Å². The third kappa shape index (κ3) is 2.60. The molecule has 0 bridgehead atoms. The Bertz CT molecular complexity index is 640. The van der Waals surface area contributed by atoms with Crippen molar-refractivity contribution in [1.29, 1.82) is 0 Å². The number of aryl methyl sites for hydroxylation is 1. The van der Waals surface area contributed by atoms with Gasteiger partial charge in [-0.1, -0.05) is 12.1 Å². The minimum absolute atomic E-state index is 0.195. The molecule has 1 heterocycles. The second kappa shape index (κ2) is 4.15. The lowest BCUT2D eigenvalue weighted by atomic mass is 10.2. The summed E-state index contributed by atoms with van der Waals surface area (Å²) in [6.45, 7) is 1.64. The first kappa shape index (κ1) is 11.6. The van der Waals surface area contributed by atoms with E-state index in [1.54, 1.807) is 13.0 Å². The third-order valence-electron chi connectivity index (χ3n) is 1.97. The van der Waals surface area contributed by atoms with Gasteiger partial charge in [-0.25, -0.2) is 0 Å². The smallest absolute Gasteiger partial charge is 0.282 e. The molecule has 0 amide bonds. The topological polar surface area (TPSA) is 106 Å². The normalized spacial score (nSPS) is 11.4. The van der Waals surface area contributed by atoms with Crippen LogP contribution >= 0.6 is 0 Å². The molecule has 0 saturated heterocycles. The Labute approximate surface area is 97.3 Å². The van der Waals surface area contributed by atoms with Gasteiger partial charge in [0.2, 0.25) is 5.82 Å². The van der Waals surface area contributed by atoms with Crippen molar-refractivity contribution < 1.29 is 13.0 Å². The second-order valence-electron chi connectivity index (χ2n) is 3.27. The summed E-state index contributed by atoms with van der Waals surface area (Å²) >= 11 is 0. The largest absolute Gasteiger partial charge is 0.294 e. The summed E-state index contributed by atoms with van der Waals surface area (Å²) in [5.74, 6) is 0.612. The van der Waals surface area contributed by atoms with Crippen LogP contribution in [0.1, 0.15) is 5.82 Å². The number of hydrogen-bond donors (Lipinski definition) is 1. The van der Waals surface area contributed by atoms with Crippen LogP contribution in [-0.4, -0.2) is 33.4 Å². The Morgan fingerprint density at radius 2 is 1.76 bits per heavy atom.